The van der Waals surface area contributed by atoms with Gasteiger partial charge in [-0.05, 0) is 17.2 Å². The Bertz CT molecular complexity index is 575. The molecule has 0 atom stereocenters. The van der Waals surface area contributed by atoms with Crippen LogP contribution >= 0.6 is 11.6 Å². The number of nitrogens with two attached hydrogens (primary N) is 1. The molecular weight excluding hydrogens is 262 g/mol. The third-order valence-electron chi connectivity index (χ3n) is 2.92. The quantitative estimate of drug-likeness (QED) is 0.899. The predicted molar refractivity (Wildman–Crippen MR) is 75.9 cm³/mol. The van der Waals surface area contributed by atoms with Crippen molar-refractivity contribution in [3.63, 3.8) is 0 Å². The molecule has 0 aliphatic heterocycles. The summed E-state index contributed by atoms with van der Waals surface area (Å²) >= 11 is 5.85. The van der Waals surface area contributed by atoms with Crippen LogP contribution < -0.4 is 11.1 Å². The van der Waals surface area contributed by atoms with Crippen molar-refractivity contribution >= 4 is 17.5 Å². The van der Waals surface area contributed by atoms with Crippen molar-refractivity contribution in [3.8, 4) is 0 Å². The lowest BCUT2D eigenvalue weighted by Crippen LogP contribution is -2.24. The van der Waals surface area contributed by atoms with Crippen molar-refractivity contribution < 1.29 is 4.79 Å². The van der Waals surface area contributed by atoms with Crippen LogP contribution in [0.3, 0.4) is 0 Å². The molecule has 0 radical (unpaired) electrons. The summed E-state index contributed by atoms with van der Waals surface area (Å²) in [7, 11) is 1.79. The Balaban J connectivity index is 1.98. The van der Waals surface area contributed by atoms with E-state index in [0.717, 1.165) is 11.1 Å². The molecule has 1 aromatic heterocycles. The van der Waals surface area contributed by atoms with Gasteiger partial charge in [0.2, 0.25) is 0 Å². The molecule has 0 bridgehead atoms. The lowest BCUT2D eigenvalue weighted by Gasteiger charge is -2.06. The zero-order chi connectivity index (χ0) is 13.8. The number of aromatic nitrogens is 1. The highest BCUT2D eigenvalue weighted by molar-refractivity contribution is 6.31. The average molecular weight is 278 g/mol. The molecule has 100 valence electrons. The van der Waals surface area contributed by atoms with E-state index >= 15 is 0 Å². The van der Waals surface area contributed by atoms with Gasteiger partial charge in [0.25, 0.3) is 5.91 Å². The van der Waals surface area contributed by atoms with Gasteiger partial charge >= 0.3 is 0 Å². The maximum Gasteiger partial charge on any atom is 0.268 e. The number of hydrogen-bond acceptors (Lipinski definition) is 2. The van der Waals surface area contributed by atoms with Crippen molar-refractivity contribution in [2.24, 2.45) is 12.8 Å². The van der Waals surface area contributed by atoms with Crippen molar-refractivity contribution in [1.82, 2.24) is 9.88 Å². The molecule has 0 unspecified atom stereocenters. The van der Waals surface area contributed by atoms with Crippen molar-refractivity contribution in [2.45, 2.75) is 13.1 Å². The van der Waals surface area contributed by atoms with Crippen molar-refractivity contribution in [2.75, 3.05) is 0 Å². The van der Waals surface area contributed by atoms with Crippen LogP contribution in [0.25, 0.3) is 0 Å². The number of nitrogens with zero attached hydrogens (tertiary/aromatic N) is 1. The monoisotopic (exact) mass is 277 g/mol. The summed E-state index contributed by atoms with van der Waals surface area (Å²) in [5, 5.41) is 3.41. The van der Waals surface area contributed by atoms with Crippen LogP contribution in [0.4, 0.5) is 0 Å². The van der Waals surface area contributed by atoms with E-state index in [1.165, 1.54) is 0 Å². The van der Waals surface area contributed by atoms with E-state index in [9.17, 15) is 4.79 Å². The van der Waals surface area contributed by atoms with Gasteiger partial charge in [0.05, 0.1) is 5.02 Å². The second-order valence-electron chi connectivity index (χ2n) is 4.36. The summed E-state index contributed by atoms with van der Waals surface area (Å²) in [6.07, 6.45) is 1.70. The average Bonchev–Trinajstić information content (AvgIpc) is 2.75. The minimum Gasteiger partial charge on any atom is -0.347 e. The van der Waals surface area contributed by atoms with Crippen LogP contribution in [-0.4, -0.2) is 10.5 Å². The molecule has 0 aliphatic carbocycles. The van der Waals surface area contributed by atoms with Gasteiger partial charge in [-0.25, -0.2) is 0 Å². The fourth-order valence-electron chi connectivity index (χ4n) is 1.82. The molecule has 0 saturated carbocycles. The van der Waals surface area contributed by atoms with Gasteiger partial charge in [0, 0.05) is 26.3 Å². The lowest BCUT2D eigenvalue weighted by molar-refractivity contribution is 0.0943. The molecule has 1 amide bonds. The molecule has 1 aromatic carbocycles. The largest absolute Gasteiger partial charge is 0.347 e. The van der Waals surface area contributed by atoms with Gasteiger partial charge in [-0.3, -0.25) is 4.79 Å². The number of benzene rings is 1. The highest BCUT2D eigenvalue weighted by Crippen LogP contribution is 2.12. The fraction of sp³-hybridized carbons (Fsp3) is 0.214. The van der Waals surface area contributed by atoms with Gasteiger partial charge in [0.1, 0.15) is 5.69 Å². The zero-order valence-electron chi connectivity index (χ0n) is 10.7. The predicted octanol–water partition coefficient (Wildman–Crippen LogP) is 2.07. The summed E-state index contributed by atoms with van der Waals surface area (Å²) in [5.41, 5.74) is 8.18. The Hall–Kier alpha value is -1.78. The minimum absolute atomic E-state index is 0.141. The Kier molecular flexibility index (Phi) is 4.24. The van der Waals surface area contributed by atoms with Crippen molar-refractivity contribution in [3.05, 3.63) is 58.4 Å². The Morgan fingerprint density at radius 3 is 2.47 bits per heavy atom. The van der Waals surface area contributed by atoms with Gasteiger partial charge < -0.3 is 15.6 Å². The molecule has 4 nitrogen and oxygen atoms in total. The summed E-state index contributed by atoms with van der Waals surface area (Å²) in [6, 6.07) is 9.48. The van der Waals surface area contributed by atoms with Crippen LogP contribution in [-0.2, 0) is 20.1 Å². The van der Waals surface area contributed by atoms with Crippen LogP contribution in [0.5, 0.6) is 0 Å². The van der Waals surface area contributed by atoms with Crippen LogP contribution in [0, 0.1) is 0 Å². The van der Waals surface area contributed by atoms with Crippen molar-refractivity contribution in [1.29, 1.82) is 0 Å². The highest BCUT2D eigenvalue weighted by Gasteiger charge is 2.10. The maximum absolute atomic E-state index is 12.0. The third kappa shape index (κ3) is 3.36. The molecule has 0 spiro atoms. The van der Waals surface area contributed by atoms with Crippen LogP contribution in [0.15, 0.2) is 36.5 Å². The summed E-state index contributed by atoms with van der Waals surface area (Å²) in [5.74, 6) is -0.141. The first-order chi connectivity index (χ1) is 9.10. The number of nitrogens with one attached hydrogen (secondary N) is 1. The number of carbonyl (C=O) groups is 1. The lowest BCUT2D eigenvalue weighted by atomic mass is 10.1. The minimum atomic E-state index is -0.141. The van der Waals surface area contributed by atoms with Crippen LogP contribution in [0.2, 0.25) is 5.02 Å². The smallest absolute Gasteiger partial charge is 0.268 e. The highest BCUT2D eigenvalue weighted by atomic mass is 35.5. The van der Waals surface area contributed by atoms with E-state index in [1.54, 1.807) is 23.9 Å². The van der Waals surface area contributed by atoms with E-state index in [0.29, 0.717) is 23.8 Å². The van der Waals surface area contributed by atoms with Crippen LogP contribution in [0.1, 0.15) is 21.6 Å². The number of rotatable bonds is 4. The van der Waals surface area contributed by atoms with Gasteiger partial charge in [-0.1, -0.05) is 35.9 Å². The molecule has 0 fully saturated rings. The fourth-order valence-corrected chi connectivity index (χ4v) is 2.07. The molecule has 0 saturated heterocycles. The molecule has 19 heavy (non-hydrogen) atoms. The Morgan fingerprint density at radius 1 is 1.32 bits per heavy atom. The summed E-state index contributed by atoms with van der Waals surface area (Å²) in [6.45, 7) is 1.00. The molecule has 1 heterocycles. The van der Waals surface area contributed by atoms with E-state index in [1.807, 2.05) is 24.3 Å². The van der Waals surface area contributed by atoms with E-state index in [4.69, 9.17) is 17.3 Å². The Morgan fingerprint density at radius 2 is 1.95 bits per heavy atom. The van der Waals surface area contributed by atoms with E-state index < -0.39 is 0 Å². The summed E-state index contributed by atoms with van der Waals surface area (Å²) in [4.78, 5) is 12.0. The molecule has 3 N–H and O–H groups in total. The van der Waals surface area contributed by atoms with E-state index in [2.05, 4.69) is 5.32 Å². The Labute approximate surface area is 117 Å². The number of hydrogen-bond donors (Lipinski definition) is 2. The topological polar surface area (TPSA) is 60.0 Å². The normalized spacial score (nSPS) is 10.5. The second-order valence-corrected chi connectivity index (χ2v) is 4.79. The van der Waals surface area contributed by atoms with Gasteiger partial charge in [-0.2, -0.15) is 0 Å². The molecule has 2 rings (SSSR count). The SMILES string of the molecule is Cn1cc(Cl)cc1C(=O)NCc1ccc(CN)cc1. The van der Waals surface area contributed by atoms with E-state index in [-0.39, 0.29) is 5.91 Å². The second kappa shape index (κ2) is 5.91. The maximum atomic E-state index is 12.0. The number of amides is 1. The number of halogens is 1. The zero-order valence-corrected chi connectivity index (χ0v) is 11.4. The first-order valence-corrected chi connectivity index (χ1v) is 6.36. The molecule has 2 aromatic rings. The number of carbonyl (C=O) groups excluding carboxylic acids is 1. The van der Waals surface area contributed by atoms with Gasteiger partial charge in [-0.15, -0.1) is 0 Å². The third-order valence-corrected chi connectivity index (χ3v) is 3.12. The van der Waals surface area contributed by atoms with Gasteiger partial charge in [0.15, 0.2) is 0 Å². The first-order valence-electron chi connectivity index (χ1n) is 5.98. The summed E-state index contributed by atoms with van der Waals surface area (Å²) < 4.78 is 1.70. The molecular formula is C14H16ClN3O. The first kappa shape index (κ1) is 13.6. The molecule has 5 heteroatoms. The molecule has 0 aliphatic rings. The standard InChI is InChI=1S/C14H16ClN3O/c1-18-9-12(15)6-13(18)14(19)17-8-11-4-2-10(7-16)3-5-11/h2-6,9H,7-8,16H2,1H3,(H,17,19). The number of aryl methyl sites for hydroxylation is 1.